The van der Waals surface area contributed by atoms with Gasteiger partial charge in [-0.3, -0.25) is 38.4 Å². The lowest BCUT2D eigenvalue weighted by Crippen LogP contribution is -2.66. The second kappa shape index (κ2) is 20.6. The highest BCUT2D eigenvalue weighted by Crippen LogP contribution is 2.27. The summed E-state index contributed by atoms with van der Waals surface area (Å²) in [6, 6.07) is 7.70. The SMILES string of the molecule is CC(=O)OC[C@@H](OC(C)=O)[C@@H](OC(C)=O)[C@H](OC(C)=O)[C@@H](OC(C)=O)C(=O)NC[C@H]1O[C@H](OCc2ccccc2)[C@H](N)[C@@H](OC(C)=O)[C@@H]1OC(C)=O. The molecule has 1 heterocycles. The number of hydrogen-bond donors (Lipinski definition) is 2. The first kappa shape index (κ1) is 43.0. The van der Waals surface area contributed by atoms with Crippen molar-refractivity contribution in [1.82, 2.24) is 5.32 Å². The van der Waals surface area contributed by atoms with E-state index in [4.69, 9.17) is 48.4 Å². The van der Waals surface area contributed by atoms with Crippen molar-refractivity contribution in [3.05, 3.63) is 35.9 Å². The maximum Gasteiger partial charge on any atom is 0.303 e. The smallest absolute Gasteiger partial charge is 0.303 e. The second-order valence-electron chi connectivity index (χ2n) is 11.4. The Morgan fingerprint density at radius 3 is 1.75 bits per heavy atom. The fourth-order valence-corrected chi connectivity index (χ4v) is 5.06. The lowest BCUT2D eigenvalue weighted by molar-refractivity contribution is -0.269. The number of benzene rings is 1. The minimum absolute atomic E-state index is 0.00369. The first-order valence-corrected chi connectivity index (χ1v) is 15.9. The summed E-state index contributed by atoms with van der Waals surface area (Å²) in [6.07, 6.45) is -13.0. The fraction of sp³-hybridized carbons (Fsp3) is 0.576. The Hall–Kier alpha value is -5.14. The molecule has 1 saturated heterocycles. The minimum atomic E-state index is -2.12. The molecule has 0 saturated carbocycles. The number of nitrogens with one attached hydrogen (secondary N) is 1. The zero-order valence-corrected chi connectivity index (χ0v) is 29.7. The van der Waals surface area contributed by atoms with Crippen molar-refractivity contribution in [2.24, 2.45) is 5.73 Å². The van der Waals surface area contributed by atoms with Crippen LogP contribution in [-0.2, 0) is 87.6 Å². The molecule has 3 N–H and O–H groups in total. The van der Waals surface area contributed by atoms with Crippen LogP contribution in [0.4, 0.5) is 0 Å². The number of carbonyl (C=O) groups excluding carboxylic acids is 8. The molecule has 1 aromatic rings. The average Bonchev–Trinajstić information content (AvgIpc) is 3.03. The molecule has 0 radical (unpaired) electrons. The topological polar surface area (TPSA) is 258 Å². The van der Waals surface area contributed by atoms with Crippen molar-refractivity contribution in [1.29, 1.82) is 0 Å². The van der Waals surface area contributed by atoms with E-state index < -0.39 is 116 Å². The summed E-state index contributed by atoms with van der Waals surface area (Å²) in [6.45, 7) is 5.71. The highest BCUT2D eigenvalue weighted by molar-refractivity contribution is 5.84. The molecule has 19 nitrogen and oxygen atoms in total. The quantitative estimate of drug-likeness (QED) is 0.151. The average molecular weight is 741 g/mol. The summed E-state index contributed by atoms with van der Waals surface area (Å²) in [5.74, 6) is -7.69. The van der Waals surface area contributed by atoms with Crippen molar-refractivity contribution >= 4 is 47.7 Å². The van der Waals surface area contributed by atoms with E-state index in [0.717, 1.165) is 54.0 Å². The first-order chi connectivity index (χ1) is 24.4. The summed E-state index contributed by atoms with van der Waals surface area (Å²) in [5.41, 5.74) is 7.10. The van der Waals surface area contributed by atoms with Crippen LogP contribution in [0, 0.1) is 0 Å². The van der Waals surface area contributed by atoms with Crippen LogP contribution in [-0.4, -0.2) is 116 Å². The summed E-state index contributed by atoms with van der Waals surface area (Å²) >= 11 is 0. The molecular weight excluding hydrogens is 696 g/mol. The largest absolute Gasteiger partial charge is 0.462 e. The second-order valence-corrected chi connectivity index (χ2v) is 11.4. The van der Waals surface area contributed by atoms with Gasteiger partial charge in [0.25, 0.3) is 5.91 Å². The highest BCUT2D eigenvalue weighted by Gasteiger charge is 2.50. The van der Waals surface area contributed by atoms with E-state index in [1.165, 1.54) is 0 Å². The third kappa shape index (κ3) is 14.2. The Balaban J connectivity index is 2.53. The molecule has 0 unspecified atom stereocenters. The maximum absolute atomic E-state index is 13.9. The highest BCUT2D eigenvalue weighted by atomic mass is 16.7. The van der Waals surface area contributed by atoms with Crippen LogP contribution in [0.15, 0.2) is 30.3 Å². The number of nitrogens with two attached hydrogens (primary N) is 1. The standard InChI is InChI=1S/C33H44N2O17/c1-16(36)44-15-25(46-17(2)37)28(48-19(4)39)30(50-21(6)41)31(51-22(7)42)32(43)35-13-24-27(47-18(3)38)29(49-20(5)40)26(34)33(52-24)45-14-23-11-9-8-10-12-23/h8-12,24-31,33H,13-15,34H2,1-7H3,(H,35,43)/t24-,25-,26-,27-,28-,29-,30+,31-,33+/m1/s1. The predicted molar refractivity (Wildman–Crippen MR) is 171 cm³/mol. The van der Waals surface area contributed by atoms with Gasteiger partial charge in [-0.1, -0.05) is 30.3 Å². The molecule has 52 heavy (non-hydrogen) atoms. The normalized spacial score (nSPS) is 21.8. The van der Waals surface area contributed by atoms with Crippen molar-refractivity contribution in [2.45, 2.75) is 110 Å². The van der Waals surface area contributed by atoms with Crippen molar-refractivity contribution < 1.29 is 81.0 Å². The minimum Gasteiger partial charge on any atom is -0.462 e. The predicted octanol–water partition coefficient (Wildman–Crippen LogP) is -0.475. The molecule has 1 aliphatic rings. The lowest BCUT2D eigenvalue weighted by atomic mass is 9.96. The van der Waals surface area contributed by atoms with Gasteiger partial charge in [0.1, 0.15) is 12.7 Å². The lowest BCUT2D eigenvalue weighted by Gasteiger charge is -2.44. The zero-order chi connectivity index (χ0) is 39.1. The molecule has 0 aliphatic carbocycles. The van der Waals surface area contributed by atoms with Crippen LogP contribution < -0.4 is 11.1 Å². The van der Waals surface area contributed by atoms with Gasteiger partial charge in [-0.25, -0.2) is 0 Å². The molecule has 0 spiro atoms. The summed E-state index contributed by atoms with van der Waals surface area (Å²) in [5, 5.41) is 2.44. The van der Waals surface area contributed by atoms with Crippen LogP contribution in [0.3, 0.4) is 0 Å². The van der Waals surface area contributed by atoms with Crippen LogP contribution in [0.5, 0.6) is 0 Å². The molecule has 19 heteroatoms. The fourth-order valence-electron chi connectivity index (χ4n) is 5.06. The van der Waals surface area contributed by atoms with Gasteiger partial charge >= 0.3 is 41.8 Å². The van der Waals surface area contributed by atoms with E-state index in [-0.39, 0.29) is 6.61 Å². The Kier molecular flexibility index (Phi) is 17.1. The van der Waals surface area contributed by atoms with Gasteiger partial charge in [-0.05, 0) is 5.56 Å². The van der Waals surface area contributed by atoms with E-state index in [1.807, 2.05) is 0 Å². The number of rotatable bonds is 17. The van der Waals surface area contributed by atoms with Crippen LogP contribution >= 0.6 is 0 Å². The summed E-state index contributed by atoms with van der Waals surface area (Å²) in [7, 11) is 0. The number of ether oxygens (including phenoxy) is 9. The molecule has 1 amide bonds. The van der Waals surface area contributed by atoms with Crippen molar-refractivity contribution in [3.8, 4) is 0 Å². The van der Waals surface area contributed by atoms with Gasteiger partial charge in [0.05, 0.1) is 12.6 Å². The van der Waals surface area contributed by atoms with Gasteiger partial charge < -0.3 is 53.7 Å². The van der Waals surface area contributed by atoms with E-state index >= 15 is 0 Å². The number of carbonyl (C=O) groups is 8. The summed E-state index contributed by atoms with van der Waals surface area (Å²) < 4.78 is 48.7. The Morgan fingerprint density at radius 2 is 1.23 bits per heavy atom. The van der Waals surface area contributed by atoms with E-state index in [9.17, 15) is 38.4 Å². The van der Waals surface area contributed by atoms with E-state index in [0.29, 0.717) is 0 Å². The molecule has 0 bridgehead atoms. The van der Waals surface area contributed by atoms with Crippen molar-refractivity contribution in [3.63, 3.8) is 0 Å². The van der Waals surface area contributed by atoms with Gasteiger partial charge in [0.15, 0.2) is 36.8 Å². The number of esters is 7. The Bertz CT molecular complexity index is 1440. The number of amides is 1. The molecule has 0 aromatic heterocycles. The first-order valence-electron chi connectivity index (χ1n) is 15.9. The molecule has 1 aliphatic heterocycles. The maximum atomic E-state index is 13.9. The van der Waals surface area contributed by atoms with Gasteiger partial charge in [-0.15, -0.1) is 0 Å². The van der Waals surface area contributed by atoms with E-state index in [2.05, 4.69) is 5.32 Å². The number of hydrogen-bond acceptors (Lipinski definition) is 18. The molecule has 288 valence electrons. The summed E-state index contributed by atoms with van der Waals surface area (Å²) in [4.78, 5) is 98.5. The third-order valence-corrected chi connectivity index (χ3v) is 6.94. The van der Waals surface area contributed by atoms with Crippen molar-refractivity contribution in [2.75, 3.05) is 13.2 Å². The zero-order valence-electron chi connectivity index (χ0n) is 29.7. The van der Waals surface area contributed by atoms with Crippen LogP contribution in [0.2, 0.25) is 0 Å². The van der Waals surface area contributed by atoms with Gasteiger partial charge in [0.2, 0.25) is 6.10 Å². The molecule has 9 atom stereocenters. The molecular formula is C33H44N2O17. The van der Waals surface area contributed by atoms with E-state index in [1.54, 1.807) is 30.3 Å². The monoisotopic (exact) mass is 740 g/mol. The third-order valence-electron chi connectivity index (χ3n) is 6.94. The molecule has 2 rings (SSSR count). The Morgan fingerprint density at radius 1 is 0.692 bits per heavy atom. The van der Waals surface area contributed by atoms with Gasteiger partial charge in [0, 0.05) is 55.0 Å². The molecule has 1 aromatic carbocycles. The van der Waals surface area contributed by atoms with Crippen LogP contribution in [0.1, 0.15) is 54.0 Å². The molecule has 1 fully saturated rings. The van der Waals surface area contributed by atoms with Gasteiger partial charge in [-0.2, -0.15) is 0 Å². The van der Waals surface area contributed by atoms with Crippen LogP contribution in [0.25, 0.3) is 0 Å². The Labute approximate surface area is 298 Å².